The van der Waals surface area contributed by atoms with Crippen molar-refractivity contribution in [1.82, 2.24) is 0 Å². The monoisotopic (exact) mass is 448 g/mol. The second kappa shape index (κ2) is 9.64. The van der Waals surface area contributed by atoms with Crippen molar-refractivity contribution >= 4 is 29.9 Å². The lowest BCUT2D eigenvalue weighted by Gasteiger charge is -2.35. The van der Waals surface area contributed by atoms with E-state index in [4.69, 9.17) is 4.43 Å². The Bertz CT molecular complexity index is 849. The first-order valence-electron chi connectivity index (χ1n) is 9.73. The molecule has 29 heavy (non-hydrogen) atoms. The van der Waals surface area contributed by atoms with Crippen LogP contribution in [-0.2, 0) is 26.0 Å². The molecule has 2 atom stereocenters. The minimum atomic E-state index is -1.96. The van der Waals surface area contributed by atoms with E-state index in [1.807, 2.05) is 62.4 Å². The highest BCUT2D eigenvalue weighted by atomic mass is 32.2. The molecular formula is C23H32O3S2Si. The molecule has 0 aliphatic rings. The SMILES string of the molecule is Cc1ccc([S@](=O)C(=CCO[Si](C)(C)C(C)(C)C)[S@@](=O)c2ccc(C)cc2)cc1. The molecule has 158 valence electrons. The molecule has 0 heterocycles. The van der Waals surface area contributed by atoms with Gasteiger partial charge in [0.15, 0.2) is 8.32 Å². The molecule has 0 fully saturated rings. The second-order valence-corrected chi connectivity index (χ2v) is 16.7. The minimum Gasteiger partial charge on any atom is -0.413 e. The van der Waals surface area contributed by atoms with E-state index >= 15 is 0 Å². The number of hydrogen-bond acceptors (Lipinski definition) is 3. The Morgan fingerprint density at radius 3 is 1.59 bits per heavy atom. The van der Waals surface area contributed by atoms with Gasteiger partial charge in [-0.05, 0) is 62.3 Å². The molecule has 0 radical (unpaired) electrons. The van der Waals surface area contributed by atoms with Crippen LogP contribution in [0.3, 0.4) is 0 Å². The Morgan fingerprint density at radius 2 is 1.24 bits per heavy atom. The summed E-state index contributed by atoms with van der Waals surface area (Å²) >= 11 is 0. The van der Waals surface area contributed by atoms with Crippen LogP contribution in [0.2, 0.25) is 18.1 Å². The summed E-state index contributed by atoms with van der Waals surface area (Å²) in [6.45, 7) is 15.2. The van der Waals surface area contributed by atoms with Crippen LogP contribution in [0.1, 0.15) is 31.9 Å². The third kappa shape index (κ3) is 6.32. The summed E-state index contributed by atoms with van der Waals surface area (Å²) in [5, 5.41) is 0.0766. The molecule has 6 heteroatoms. The van der Waals surface area contributed by atoms with Gasteiger partial charge in [-0.1, -0.05) is 56.2 Å². The zero-order valence-electron chi connectivity index (χ0n) is 18.4. The molecule has 2 aromatic carbocycles. The first-order chi connectivity index (χ1) is 13.4. The van der Waals surface area contributed by atoms with E-state index in [2.05, 4.69) is 33.9 Å². The number of hydrogen-bond donors (Lipinski definition) is 0. The van der Waals surface area contributed by atoms with Crippen molar-refractivity contribution in [1.29, 1.82) is 0 Å². The Morgan fingerprint density at radius 1 is 0.862 bits per heavy atom. The van der Waals surface area contributed by atoms with Gasteiger partial charge >= 0.3 is 0 Å². The topological polar surface area (TPSA) is 43.4 Å². The molecule has 0 aliphatic carbocycles. The van der Waals surface area contributed by atoms with Crippen LogP contribution in [0.25, 0.3) is 0 Å². The highest BCUT2D eigenvalue weighted by Crippen LogP contribution is 2.36. The molecule has 0 spiro atoms. The molecule has 2 rings (SSSR count). The van der Waals surface area contributed by atoms with Crippen molar-refractivity contribution in [3.63, 3.8) is 0 Å². The minimum absolute atomic E-state index is 0.0766. The van der Waals surface area contributed by atoms with Gasteiger partial charge in [0.25, 0.3) is 0 Å². The van der Waals surface area contributed by atoms with Crippen LogP contribution < -0.4 is 0 Å². The molecule has 0 saturated heterocycles. The summed E-state index contributed by atoms with van der Waals surface area (Å²) in [6.07, 6.45) is 1.76. The molecule has 0 amide bonds. The third-order valence-corrected chi connectivity index (χ3v) is 13.2. The van der Waals surface area contributed by atoms with Crippen LogP contribution in [0, 0.1) is 13.8 Å². The van der Waals surface area contributed by atoms with Crippen LogP contribution in [0.5, 0.6) is 0 Å². The van der Waals surface area contributed by atoms with Crippen molar-refractivity contribution in [2.45, 2.75) is 62.5 Å². The maximum atomic E-state index is 13.3. The van der Waals surface area contributed by atoms with Gasteiger partial charge in [0.05, 0.1) is 28.2 Å². The lowest BCUT2D eigenvalue weighted by Crippen LogP contribution is -2.40. The zero-order valence-corrected chi connectivity index (χ0v) is 21.1. The average Bonchev–Trinajstić information content (AvgIpc) is 2.64. The van der Waals surface area contributed by atoms with Crippen LogP contribution in [0.4, 0.5) is 0 Å². The van der Waals surface area contributed by atoms with E-state index in [9.17, 15) is 8.42 Å². The van der Waals surface area contributed by atoms with E-state index in [1.54, 1.807) is 6.08 Å². The first-order valence-corrected chi connectivity index (χ1v) is 14.9. The third-order valence-electron chi connectivity index (χ3n) is 5.34. The molecule has 0 aromatic heterocycles. The molecule has 0 unspecified atom stereocenters. The van der Waals surface area contributed by atoms with Crippen molar-refractivity contribution in [3.05, 3.63) is 70.0 Å². The van der Waals surface area contributed by atoms with Gasteiger partial charge in [-0.3, -0.25) is 0 Å². The Hall–Kier alpha value is -1.34. The van der Waals surface area contributed by atoms with Crippen molar-refractivity contribution < 1.29 is 12.8 Å². The molecule has 2 aromatic rings. The van der Waals surface area contributed by atoms with Gasteiger partial charge < -0.3 is 4.43 Å². The lowest BCUT2D eigenvalue weighted by molar-refractivity contribution is 0.328. The average molecular weight is 449 g/mol. The fraction of sp³-hybridized carbons (Fsp3) is 0.391. The van der Waals surface area contributed by atoms with Gasteiger partial charge in [0.1, 0.15) is 4.24 Å². The van der Waals surface area contributed by atoms with Crippen LogP contribution >= 0.6 is 0 Å². The number of aryl methyl sites for hydroxylation is 2. The van der Waals surface area contributed by atoms with E-state index in [0.717, 1.165) is 11.1 Å². The van der Waals surface area contributed by atoms with Gasteiger partial charge in [0.2, 0.25) is 0 Å². The van der Waals surface area contributed by atoms with Crippen molar-refractivity contribution in [3.8, 4) is 0 Å². The summed E-state index contributed by atoms with van der Waals surface area (Å²) < 4.78 is 33.2. The van der Waals surface area contributed by atoms with Gasteiger partial charge in [-0.2, -0.15) is 0 Å². The predicted octanol–water partition coefficient (Wildman–Crippen LogP) is 6.08. The fourth-order valence-corrected chi connectivity index (χ4v) is 6.04. The summed E-state index contributed by atoms with van der Waals surface area (Å²) in [5.41, 5.74) is 2.19. The van der Waals surface area contributed by atoms with E-state index in [0.29, 0.717) is 20.6 Å². The van der Waals surface area contributed by atoms with Crippen LogP contribution in [-0.4, -0.2) is 23.3 Å². The highest BCUT2D eigenvalue weighted by Gasteiger charge is 2.36. The quantitative estimate of drug-likeness (QED) is 0.482. The molecule has 3 nitrogen and oxygen atoms in total. The molecule has 0 aliphatic heterocycles. The Balaban J connectivity index is 2.36. The Kier molecular flexibility index (Phi) is 7.96. The molecule has 0 bridgehead atoms. The van der Waals surface area contributed by atoms with E-state index in [-0.39, 0.29) is 5.04 Å². The normalized spacial score (nSPS) is 14.3. The summed E-state index contributed by atoms with van der Waals surface area (Å²) in [7, 11) is -4.99. The van der Waals surface area contributed by atoms with Crippen molar-refractivity contribution in [2.75, 3.05) is 6.61 Å². The molecular weight excluding hydrogens is 416 g/mol. The number of rotatable bonds is 7. The molecule has 0 saturated carbocycles. The zero-order chi connectivity index (χ0) is 21.8. The summed E-state index contributed by atoms with van der Waals surface area (Å²) in [6, 6.07) is 15.0. The Labute approximate surface area is 181 Å². The largest absolute Gasteiger partial charge is 0.413 e. The van der Waals surface area contributed by atoms with Crippen molar-refractivity contribution in [2.24, 2.45) is 0 Å². The maximum absolute atomic E-state index is 13.3. The first kappa shape index (κ1) is 23.9. The smallest absolute Gasteiger partial charge is 0.192 e. The predicted molar refractivity (Wildman–Crippen MR) is 126 cm³/mol. The van der Waals surface area contributed by atoms with Gasteiger partial charge in [-0.15, -0.1) is 0 Å². The highest BCUT2D eigenvalue weighted by molar-refractivity contribution is 8.08. The van der Waals surface area contributed by atoms with Gasteiger partial charge in [0, 0.05) is 9.79 Å². The van der Waals surface area contributed by atoms with E-state index in [1.165, 1.54) is 0 Å². The summed E-state index contributed by atoms with van der Waals surface area (Å²) in [4.78, 5) is 1.30. The lowest BCUT2D eigenvalue weighted by atomic mass is 10.2. The summed E-state index contributed by atoms with van der Waals surface area (Å²) in [5.74, 6) is 0. The second-order valence-electron chi connectivity index (χ2n) is 8.76. The molecule has 0 N–H and O–H groups in total. The van der Waals surface area contributed by atoms with Crippen LogP contribution in [0.15, 0.2) is 68.6 Å². The number of benzene rings is 2. The standard InChI is InChI=1S/C23H32O3S2Si/c1-18-8-12-20(13-9-18)27(24)22(16-17-26-29(6,7)23(3,4)5)28(25)21-14-10-19(2)11-15-21/h8-16H,17H2,1-7H3/t27-,28-/m0/s1. The van der Waals surface area contributed by atoms with Gasteiger partial charge in [-0.25, -0.2) is 8.42 Å². The maximum Gasteiger partial charge on any atom is 0.192 e. The van der Waals surface area contributed by atoms with E-state index < -0.39 is 29.9 Å². The fourth-order valence-electron chi connectivity index (χ4n) is 2.31.